The van der Waals surface area contributed by atoms with Gasteiger partial charge in [0.1, 0.15) is 0 Å². The van der Waals surface area contributed by atoms with E-state index < -0.39 is 5.97 Å². The van der Waals surface area contributed by atoms with Crippen LogP contribution in [0.3, 0.4) is 0 Å². The van der Waals surface area contributed by atoms with Crippen molar-refractivity contribution in [3.63, 3.8) is 0 Å². The molecule has 0 aromatic heterocycles. The summed E-state index contributed by atoms with van der Waals surface area (Å²) in [5.41, 5.74) is 0. The van der Waals surface area contributed by atoms with Gasteiger partial charge in [-0.25, -0.2) is 4.79 Å². The van der Waals surface area contributed by atoms with Gasteiger partial charge in [0.2, 0.25) is 0 Å². The Kier molecular flexibility index (Phi) is 5.64. The molecule has 0 spiro atoms. The van der Waals surface area contributed by atoms with Gasteiger partial charge in [-0.15, -0.1) is 0 Å². The van der Waals surface area contributed by atoms with Crippen molar-refractivity contribution in [2.75, 3.05) is 26.2 Å². The third-order valence-electron chi connectivity index (χ3n) is 4.20. The Bertz CT molecular complexity index is 343. The summed E-state index contributed by atoms with van der Waals surface area (Å²) in [6.07, 6.45) is 6.68. The minimum Gasteiger partial charge on any atom is -0.480 e. The van der Waals surface area contributed by atoms with Crippen LogP contribution >= 0.6 is 0 Å². The van der Waals surface area contributed by atoms with E-state index in [0.717, 1.165) is 38.8 Å². The summed E-state index contributed by atoms with van der Waals surface area (Å²) in [5.74, 6) is -0.478. The molecule has 2 amide bonds. The Morgan fingerprint density at radius 2 is 1.90 bits per heavy atom. The first kappa shape index (κ1) is 15.1. The highest BCUT2D eigenvalue weighted by Crippen LogP contribution is 2.19. The summed E-state index contributed by atoms with van der Waals surface area (Å²) in [7, 11) is 0. The summed E-state index contributed by atoms with van der Waals surface area (Å²) in [6.45, 7) is 2.20. The second kappa shape index (κ2) is 7.47. The molecule has 1 unspecified atom stereocenters. The molecule has 6 heteroatoms. The minimum atomic E-state index is -0.836. The fraction of sp³-hybridized carbons (Fsp3) is 0.857. The Balaban J connectivity index is 1.71. The molecule has 2 rings (SSSR count). The van der Waals surface area contributed by atoms with Crippen molar-refractivity contribution in [2.24, 2.45) is 5.92 Å². The molecule has 1 atom stereocenters. The molecule has 2 aliphatic rings. The molecule has 114 valence electrons. The first-order valence-corrected chi connectivity index (χ1v) is 7.63. The van der Waals surface area contributed by atoms with Crippen LogP contribution in [0.2, 0.25) is 0 Å². The molecule has 3 N–H and O–H groups in total. The smallest absolute Gasteiger partial charge is 0.317 e. The fourth-order valence-corrected chi connectivity index (χ4v) is 3.14. The van der Waals surface area contributed by atoms with Crippen LogP contribution in [0.5, 0.6) is 0 Å². The summed E-state index contributed by atoms with van der Waals surface area (Å²) >= 11 is 0. The molecule has 2 fully saturated rings. The number of carboxylic acids is 1. The minimum absolute atomic E-state index is 0.00916. The number of urea groups is 1. The van der Waals surface area contributed by atoms with E-state index in [-0.39, 0.29) is 12.6 Å². The topological polar surface area (TPSA) is 81.7 Å². The van der Waals surface area contributed by atoms with Gasteiger partial charge >= 0.3 is 12.0 Å². The largest absolute Gasteiger partial charge is 0.480 e. The lowest BCUT2D eigenvalue weighted by Crippen LogP contribution is -2.49. The van der Waals surface area contributed by atoms with Gasteiger partial charge in [-0.05, 0) is 31.6 Å². The summed E-state index contributed by atoms with van der Waals surface area (Å²) in [4.78, 5) is 24.5. The monoisotopic (exact) mass is 283 g/mol. The molecule has 20 heavy (non-hydrogen) atoms. The zero-order valence-corrected chi connectivity index (χ0v) is 11.9. The number of amides is 2. The van der Waals surface area contributed by atoms with Crippen molar-refractivity contribution in [1.29, 1.82) is 0 Å². The molecule has 6 nitrogen and oxygen atoms in total. The zero-order chi connectivity index (χ0) is 14.4. The summed E-state index contributed by atoms with van der Waals surface area (Å²) in [5, 5.41) is 14.7. The Morgan fingerprint density at radius 1 is 1.15 bits per heavy atom. The van der Waals surface area contributed by atoms with Crippen molar-refractivity contribution in [1.82, 2.24) is 15.5 Å². The lowest BCUT2D eigenvalue weighted by atomic mass is 9.98. The van der Waals surface area contributed by atoms with Crippen LogP contribution in [0.15, 0.2) is 0 Å². The van der Waals surface area contributed by atoms with Gasteiger partial charge in [0.15, 0.2) is 0 Å². The summed E-state index contributed by atoms with van der Waals surface area (Å²) in [6, 6.07) is 0.410. The average molecular weight is 283 g/mol. The summed E-state index contributed by atoms with van der Waals surface area (Å²) < 4.78 is 0. The number of hydrogen-bond donors (Lipinski definition) is 3. The average Bonchev–Trinajstić information content (AvgIpc) is 2.91. The van der Waals surface area contributed by atoms with Gasteiger partial charge in [0, 0.05) is 25.7 Å². The highest BCUT2D eigenvalue weighted by Gasteiger charge is 2.25. The van der Waals surface area contributed by atoms with E-state index in [0.29, 0.717) is 18.5 Å². The van der Waals surface area contributed by atoms with Crippen molar-refractivity contribution in [3.05, 3.63) is 0 Å². The van der Waals surface area contributed by atoms with Gasteiger partial charge in [0.05, 0.1) is 6.54 Å². The molecule has 1 aliphatic heterocycles. The van der Waals surface area contributed by atoms with Gasteiger partial charge < -0.3 is 20.6 Å². The van der Waals surface area contributed by atoms with Crippen LogP contribution in [0, 0.1) is 5.92 Å². The van der Waals surface area contributed by atoms with Crippen LogP contribution < -0.4 is 10.6 Å². The zero-order valence-electron chi connectivity index (χ0n) is 11.9. The third kappa shape index (κ3) is 4.67. The number of hydrogen-bond acceptors (Lipinski definition) is 3. The van der Waals surface area contributed by atoms with E-state index in [9.17, 15) is 9.59 Å². The Hall–Kier alpha value is -1.30. The number of nitrogens with one attached hydrogen (secondary N) is 2. The fourth-order valence-electron chi connectivity index (χ4n) is 3.14. The van der Waals surface area contributed by atoms with E-state index in [4.69, 9.17) is 5.11 Å². The van der Waals surface area contributed by atoms with Crippen LogP contribution in [0.25, 0.3) is 0 Å². The van der Waals surface area contributed by atoms with Crippen LogP contribution in [0.4, 0.5) is 4.79 Å². The lowest BCUT2D eigenvalue weighted by Gasteiger charge is -2.33. The highest BCUT2D eigenvalue weighted by molar-refractivity contribution is 5.74. The van der Waals surface area contributed by atoms with Crippen LogP contribution in [-0.4, -0.2) is 54.2 Å². The Labute approximate surface area is 119 Å². The molecule has 0 aromatic carbocycles. The molecule has 0 bridgehead atoms. The SMILES string of the molecule is O=C(O)CNCC1CCCN(C(=O)NC2CCCC2)C1. The number of nitrogens with zero attached hydrogens (tertiary/aromatic N) is 1. The van der Waals surface area contributed by atoms with E-state index in [1.165, 1.54) is 12.8 Å². The number of likely N-dealkylation sites (tertiary alicyclic amines) is 1. The highest BCUT2D eigenvalue weighted by atomic mass is 16.4. The maximum Gasteiger partial charge on any atom is 0.317 e. The van der Waals surface area contributed by atoms with E-state index in [1.807, 2.05) is 4.90 Å². The van der Waals surface area contributed by atoms with Gasteiger partial charge in [-0.3, -0.25) is 4.79 Å². The van der Waals surface area contributed by atoms with E-state index in [1.54, 1.807) is 0 Å². The molecule has 0 radical (unpaired) electrons. The normalized spacial score (nSPS) is 23.8. The number of piperidine rings is 1. The quantitative estimate of drug-likeness (QED) is 0.704. The van der Waals surface area contributed by atoms with E-state index in [2.05, 4.69) is 10.6 Å². The van der Waals surface area contributed by atoms with Crippen molar-refractivity contribution in [2.45, 2.75) is 44.6 Å². The van der Waals surface area contributed by atoms with Crippen molar-refractivity contribution >= 4 is 12.0 Å². The second-order valence-electron chi connectivity index (χ2n) is 5.91. The van der Waals surface area contributed by atoms with Crippen LogP contribution in [-0.2, 0) is 4.79 Å². The number of carbonyl (C=O) groups excluding carboxylic acids is 1. The predicted octanol–water partition coefficient (Wildman–Crippen LogP) is 1.02. The Morgan fingerprint density at radius 3 is 2.60 bits per heavy atom. The number of aliphatic carboxylic acids is 1. The third-order valence-corrected chi connectivity index (χ3v) is 4.20. The maximum atomic E-state index is 12.2. The molecule has 1 aliphatic carbocycles. The van der Waals surface area contributed by atoms with Gasteiger partial charge in [-0.1, -0.05) is 12.8 Å². The first-order valence-electron chi connectivity index (χ1n) is 7.63. The standard InChI is InChI=1S/C14H25N3O3/c18-13(19)9-15-8-11-4-3-7-17(10-11)14(20)16-12-5-1-2-6-12/h11-12,15H,1-10H2,(H,16,20)(H,18,19). The van der Waals surface area contributed by atoms with Gasteiger partial charge in [-0.2, -0.15) is 0 Å². The molecular weight excluding hydrogens is 258 g/mol. The van der Waals surface area contributed by atoms with Crippen molar-refractivity contribution < 1.29 is 14.7 Å². The lowest BCUT2D eigenvalue weighted by molar-refractivity contribution is -0.136. The number of carbonyl (C=O) groups is 2. The first-order chi connectivity index (χ1) is 9.65. The molecule has 0 aromatic rings. The second-order valence-corrected chi connectivity index (χ2v) is 5.91. The van der Waals surface area contributed by atoms with E-state index >= 15 is 0 Å². The van der Waals surface area contributed by atoms with Gasteiger partial charge in [0.25, 0.3) is 0 Å². The molecule has 1 saturated carbocycles. The number of rotatable bonds is 5. The van der Waals surface area contributed by atoms with Crippen molar-refractivity contribution in [3.8, 4) is 0 Å². The predicted molar refractivity (Wildman–Crippen MR) is 75.6 cm³/mol. The number of carboxylic acid groups (broad SMARTS) is 1. The maximum absolute atomic E-state index is 12.2. The molecular formula is C14H25N3O3. The van der Waals surface area contributed by atoms with Crippen LogP contribution in [0.1, 0.15) is 38.5 Å². The molecule has 1 heterocycles. The molecule has 1 saturated heterocycles.